The number of methoxy groups -OCH3 is 2. The molecule has 0 saturated heterocycles. The number of ether oxygens (including phenoxy) is 2. The van der Waals surface area contributed by atoms with Crippen molar-refractivity contribution in [3.05, 3.63) is 52.3 Å². The number of benzene rings is 1. The van der Waals surface area contributed by atoms with Crippen LogP contribution in [0.3, 0.4) is 0 Å². The van der Waals surface area contributed by atoms with Crippen LogP contribution in [0.25, 0.3) is 0 Å². The lowest BCUT2D eigenvalue weighted by molar-refractivity contribution is 0.0599. The highest BCUT2D eigenvalue weighted by Gasteiger charge is 2.27. The van der Waals surface area contributed by atoms with E-state index in [1.54, 1.807) is 32.6 Å². The van der Waals surface area contributed by atoms with Crippen LogP contribution >= 0.6 is 11.8 Å². The van der Waals surface area contributed by atoms with Gasteiger partial charge in [0.05, 0.1) is 37.3 Å². The van der Waals surface area contributed by atoms with E-state index in [1.807, 2.05) is 24.3 Å². The number of ketones is 1. The van der Waals surface area contributed by atoms with E-state index in [4.69, 9.17) is 9.47 Å². The molecule has 0 bridgehead atoms. The Morgan fingerprint density at radius 2 is 1.90 bits per heavy atom. The lowest BCUT2D eigenvalue weighted by Gasteiger charge is -2.10. The van der Waals surface area contributed by atoms with E-state index in [0.717, 1.165) is 11.3 Å². The second kappa shape index (κ2) is 9.12. The van der Waals surface area contributed by atoms with Gasteiger partial charge in [0, 0.05) is 5.69 Å². The maximum Gasteiger partial charge on any atom is 0.339 e. The highest BCUT2D eigenvalue weighted by molar-refractivity contribution is 8.00. The third kappa shape index (κ3) is 4.38. The first kappa shape index (κ1) is 21.6. The van der Waals surface area contributed by atoms with Crippen molar-refractivity contribution in [2.45, 2.75) is 37.7 Å². The SMILES string of the molecule is COC(=O)c1c(C)[nH]c(C(=O)C(C)Sc2nnnn2Cc2ccc(OC)cc2)c1C. The molecule has 0 saturated carbocycles. The van der Waals surface area contributed by atoms with Crippen molar-refractivity contribution in [1.82, 2.24) is 25.2 Å². The largest absolute Gasteiger partial charge is 0.497 e. The van der Waals surface area contributed by atoms with Crippen LogP contribution in [0, 0.1) is 13.8 Å². The van der Waals surface area contributed by atoms with Crippen molar-refractivity contribution in [2.24, 2.45) is 0 Å². The minimum Gasteiger partial charge on any atom is -0.497 e. The number of nitrogens with zero attached hydrogens (tertiary/aromatic N) is 4. The molecule has 0 aliphatic rings. The number of Topliss-reactive ketones (excluding diaryl/α,β-unsaturated/α-hetero) is 1. The molecule has 2 heterocycles. The fourth-order valence-electron chi connectivity index (χ4n) is 3.10. The van der Waals surface area contributed by atoms with E-state index in [-0.39, 0.29) is 5.78 Å². The summed E-state index contributed by atoms with van der Waals surface area (Å²) in [7, 11) is 2.93. The molecule has 1 unspecified atom stereocenters. The quantitative estimate of drug-likeness (QED) is 0.330. The van der Waals surface area contributed by atoms with E-state index in [0.29, 0.717) is 34.2 Å². The number of carbonyl (C=O) groups is 2. The number of rotatable bonds is 8. The molecule has 0 amide bonds. The Kier molecular flexibility index (Phi) is 6.56. The van der Waals surface area contributed by atoms with Crippen LogP contribution in [-0.4, -0.2) is 56.4 Å². The number of thioether (sulfide) groups is 1. The van der Waals surface area contributed by atoms with Gasteiger partial charge in [-0.3, -0.25) is 4.79 Å². The van der Waals surface area contributed by atoms with Crippen LogP contribution in [0.4, 0.5) is 0 Å². The monoisotopic (exact) mass is 429 g/mol. The lowest BCUT2D eigenvalue weighted by Crippen LogP contribution is -2.17. The van der Waals surface area contributed by atoms with Gasteiger partial charge < -0.3 is 14.5 Å². The molecule has 2 aromatic heterocycles. The van der Waals surface area contributed by atoms with Crippen LogP contribution in [0.15, 0.2) is 29.4 Å². The number of aromatic nitrogens is 5. The molecule has 0 spiro atoms. The summed E-state index contributed by atoms with van der Waals surface area (Å²) in [6, 6.07) is 7.60. The van der Waals surface area contributed by atoms with E-state index in [2.05, 4.69) is 20.5 Å². The third-order valence-corrected chi connectivity index (χ3v) is 5.79. The highest BCUT2D eigenvalue weighted by atomic mass is 32.2. The normalized spacial score (nSPS) is 11.9. The Bertz CT molecular complexity index is 1060. The number of carbonyl (C=O) groups excluding carboxylic acids is 2. The van der Waals surface area contributed by atoms with Crippen molar-refractivity contribution < 1.29 is 19.1 Å². The minimum absolute atomic E-state index is 0.144. The van der Waals surface area contributed by atoms with Gasteiger partial charge in [-0.25, -0.2) is 9.48 Å². The first-order valence-corrected chi connectivity index (χ1v) is 10.1. The zero-order valence-electron chi connectivity index (χ0n) is 17.4. The number of aryl methyl sites for hydroxylation is 1. The Morgan fingerprint density at radius 1 is 1.20 bits per heavy atom. The third-order valence-electron chi connectivity index (χ3n) is 4.72. The zero-order chi connectivity index (χ0) is 21.8. The number of hydrogen-bond acceptors (Lipinski definition) is 8. The average molecular weight is 430 g/mol. The van der Waals surface area contributed by atoms with Gasteiger partial charge in [0.2, 0.25) is 5.16 Å². The molecule has 1 atom stereocenters. The molecule has 3 rings (SSSR count). The molecular formula is C20H23N5O4S. The average Bonchev–Trinajstić information content (AvgIpc) is 3.30. The maximum absolute atomic E-state index is 13.0. The van der Waals surface area contributed by atoms with Gasteiger partial charge in [-0.05, 0) is 54.5 Å². The molecule has 0 fully saturated rings. The first-order valence-electron chi connectivity index (χ1n) is 9.23. The molecule has 1 aromatic carbocycles. The molecule has 10 heteroatoms. The minimum atomic E-state index is -0.468. The lowest BCUT2D eigenvalue weighted by atomic mass is 10.1. The van der Waals surface area contributed by atoms with Gasteiger partial charge in [-0.2, -0.15) is 0 Å². The van der Waals surface area contributed by atoms with Gasteiger partial charge >= 0.3 is 5.97 Å². The van der Waals surface area contributed by atoms with E-state index < -0.39 is 11.2 Å². The summed E-state index contributed by atoms with van der Waals surface area (Å²) in [6.07, 6.45) is 0. The predicted molar refractivity (Wildman–Crippen MR) is 111 cm³/mol. The zero-order valence-corrected chi connectivity index (χ0v) is 18.2. The Labute approximate surface area is 178 Å². The Balaban J connectivity index is 1.75. The van der Waals surface area contributed by atoms with Crippen LogP contribution in [-0.2, 0) is 11.3 Å². The second-order valence-electron chi connectivity index (χ2n) is 6.71. The van der Waals surface area contributed by atoms with Crippen molar-refractivity contribution in [1.29, 1.82) is 0 Å². The van der Waals surface area contributed by atoms with Gasteiger partial charge in [0.15, 0.2) is 5.78 Å². The Morgan fingerprint density at radius 3 is 2.53 bits per heavy atom. The molecule has 1 N–H and O–H groups in total. The second-order valence-corrected chi connectivity index (χ2v) is 8.02. The van der Waals surface area contributed by atoms with Gasteiger partial charge in [0.1, 0.15) is 5.75 Å². The number of tetrazole rings is 1. The summed E-state index contributed by atoms with van der Waals surface area (Å²) in [5.41, 5.74) is 2.96. The Hall–Kier alpha value is -3.14. The van der Waals surface area contributed by atoms with Gasteiger partial charge in [-0.1, -0.05) is 23.9 Å². The molecule has 30 heavy (non-hydrogen) atoms. The van der Waals surface area contributed by atoms with E-state index in [1.165, 1.54) is 18.9 Å². The molecule has 9 nitrogen and oxygen atoms in total. The summed E-state index contributed by atoms with van der Waals surface area (Å²) in [5, 5.41) is 11.9. The van der Waals surface area contributed by atoms with E-state index in [9.17, 15) is 9.59 Å². The molecule has 0 aliphatic carbocycles. The predicted octanol–water partition coefficient (Wildman–Crippen LogP) is 2.83. The standard InChI is InChI=1S/C20H23N5O4S/c1-11-16(19(27)29-5)12(2)21-17(11)18(26)13(3)30-20-22-23-24-25(20)10-14-6-8-15(28-4)9-7-14/h6-9,13,21H,10H2,1-5H3. The maximum atomic E-state index is 13.0. The highest BCUT2D eigenvalue weighted by Crippen LogP contribution is 2.27. The summed E-state index contributed by atoms with van der Waals surface area (Å²) in [5.74, 6) is 0.158. The number of H-pyrrole nitrogens is 1. The van der Waals surface area contributed by atoms with Crippen LogP contribution < -0.4 is 4.74 Å². The summed E-state index contributed by atoms with van der Waals surface area (Å²) in [4.78, 5) is 28.0. The number of nitrogens with one attached hydrogen (secondary N) is 1. The molecule has 0 aliphatic heterocycles. The van der Waals surface area contributed by atoms with Crippen LogP contribution in [0.2, 0.25) is 0 Å². The summed E-state index contributed by atoms with van der Waals surface area (Å²) < 4.78 is 11.6. The topological polar surface area (TPSA) is 112 Å². The van der Waals surface area contributed by atoms with Crippen LogP contribution in [0.1, 0.15) is 44.6 Å². The fraction of sp³-hybridized carbons (Fsp3) is 0.350. The molecule has 3 aromatic rings. The number of aromatic amines is 1. The van der Waals surface area contributed by atoms with Crippen molar-refractivity contribution in [3.8, 4) is 5.75 Å². The fourth-order valence-corrected chi connectivity index (χ4v) is 3.95. The van der Waals surface area contributed by atoms with Crippen molar-refractivity contribution in [3.63, 3.8) is 0 Å². The molecular weight excluding hydrogens is 406 g/mol. The smallest absolute Gasteiger partial charge is 0.339 e. The van der Waals surface area contributed by atoms with Gasteiger partial charge in [0.25, 0.3) is 0 Å². The number of esters is 1. The van der Waals surface area contributed by atoms with Gasteiger partial charge in [-0.15, -0.1) is 5.10 Å². The molecule has 0 radical (unpaired) electrons. The first-order chi connectivity index (χ1) is 14.3. The van der Waals surface area contributed by atoms with Crippen molar-refractivity contribution >= 4 is 23.5 Å². The van der Waals surface area contributed by atoms with Crippen molar-refractivity contribution in [2.75, 3.05) is 14.2 Å². The number of hydrogen-bond donors (Lipinski definition) is 1. The van der Waals surface area contributed by atoms with Crippen LogP contribution in [0.5, 0.6) is 5.75 Å². The summed E-state index contributed by atoms with van der Waals surface area (Å²) >= 11 is 1.26. The summed E-state index contributed by atoms with van der Waals surface area (Å²) in [6.45, 7) is 5.72. The molecule has 158 valence electrons. The van der Waals surface area contributed by atoms with E-state index >= 15 is 0 Å².